The summed E-state index contributed by atoms with van der Waals surface area (Å²) in [4.78, 5) is 27.0. The van der Waals surface area contributed by atoms with Crippen LogP contribution in [0.15, 0.2) is 30.5 Å². The number of carboxylic acid groups (broad SMARTS) is 1. The molecule has 32 heavy (non-hydrogen) atoms. The molecule has 2 aromatic heterocycles. The van der Waals surface area contributed by atoms with Crippen molar-refractivity contribution in [3.63, 3.8) is 0 Å². The van der Waals surface area contributed by atoms with Crippen molar-refractivity contribution in [2.75, 3.05) is 26.2 Å². The fourth-order valence-electron chi connectivity index (χ4n) is 3.41. The first-order chi connectivity index (χ1) is 15.2. The van der Waals surface area contributed by atoms with Crippen molar-refractivity contribution in [1.29, 1.82) is 0 Å². The van der Waals surface area contributed by atoms with Gasteiger partial charge in [-0.05, 0) is 34.2 Å². The minimum Gasteiger partial charge on any atom is -0.476 e. The lowest BCUT2D eigenvalue weighted by molar-refractivity contribution is -0.137. The lowest BCUT2D eigenvalue weighted by atomic mass is 10.0. The number of piperazine rings is 1. The maximum Gasteiger partial charge on any atom is 0.416 e. The smallest absolute Gasteiger partial charge is 0.416 e. The second kappa shape index (κ2) is 8.37. The van der Waals surface area contributed by atoms with Crippen LogP contribution in [-0.4, -0.2) is 83.5 Å². The summed E-state index contributed by atoms with van der Waals surface area (Å²) in [5.74, 6) is -1.09. The Hall–Kier alpha value is -3.81. The summed E-state index contributed by atoms with van der Waals surface area (Å²) in [6.07, 6.45) is -3.21. The van der Waals surface area contributed by atoms with E-state index in [0.717, 1.165) is 16.8 Å². The first-order valence-corrected chi connectivity index (χ1v) is 9.47. The zero-order valence-electron chi connectivity index (χ0n) is 16.5. The summed E-state index contributed by atoms with van der Waals surface area (Å²) in [6, 6.07) is 4.21. The number of hydrogen-bond donors (Lipinski definition) is 2. The van der Waals surface area contributed by atoms with Crippen LogP contribution in [0.5, 0.6) is 0 Å². The van der Waals surface area contributed by atoms with E-state index in [4.69, 9.17) is 5.11 Å². The number of carbonyl (C=O) groups is 2. The standard InChI is InChI=1S/C18H17F3N8O3/c19-18(20,21)12-2-1-11(13(9-12)15-22-25-26-23-15)10-27-5-7-28(8-6-27)17(32)29-4-3-14(24-29)16(30)31/h1-4,9H,5-8,10H2,(H,30,31)(H,22,23,25,26). The van der Waals surface area contributed by atoms with E-state index >= 15 is 0 Å². The predicted octanol–water partition coefficient (Wildman–Crippen LogP) is 1.57. The van der Waals surface area contributed by atoms with E-state index in [0.29, 0.717) is 38.3 Å². The summed E-state index contributed by atoms with van der Waals surface area (Å²) in [5.41, 5.74) is -0.174. The molecule has 14 heteroatoms. The van der Waals surface area contributed by atoms with Crippen LogP contribution in [0.4, 0.5) is 18.0 Å². The van der Waals surface area contributed by atoms with E-state index in [-0.39, 0.29) is 17.1 Å². The molecule has 11 nitrogen and oxygen atoms in total. The number of nitrogens with one attached hydrogen (secondary N) is 1. The fraction of sp³-hybridized carbons (Fsp3) is 0.333. The molecule has 0 radical (unpaired) electrons. The second-order valence-electron chi connectivity index (χ2n) is 7.12. The van der Waals surface area contributed by atoms with Crippen molar-refractivity contribution in [1.82, 2.24) is 40.2 Å². The van der Waals surface area contributed by atoms with Gasteiger partial charge in [0.2, 0.25) is 0 Å². The van der Waals surface area contributed by atoms with Gasteiger partial charge in [-0.1, -0.05) is 6.07 Å². The Balaban J connectivity index is 1.45. The zero-order chi connectivity index (χ0) is 22.9. The minimum absolute atomic E-state index is 0.132. The average Bonchev–Trinajstić information content (AvgIpc) is 3.46. The van der Waals surface area contributed by atoms with Gasteiger partial charge < -0.3 is 10.0 Å². The number of nitrogens with zero attached hydrogens (tertiary/aromatic N) is 7. The zero-order valence-corrected chi connectivity index (χ0v) is 16.5. The number of H-pyrrole nitrogens is 1. The van der Waals surface area contributed by atoms with Gasteiger partial charge in [0, 0.05) is 44.5 Å². The quantitative estimate of drug-likeness (QED) is 0.612. The molecular formula is C18H17F3N8O3. The van der Waals surface area contributed by atoms with Gasteiger partial charge in [0.15, 0.2) is 11.5 Å². The molecule has 1 saturated heterocycles. The molecule has 3 aromatic rings. The largest absolute Gasteiger partial charge is 0.476 e. The van der Waals surface area contributed by atoms with Crippen molar-refractivity contribution in [2.24, 2.45) is 0 Å². The van der Waals surface area contributed by atoms with Crippen molar-refractivity contribution in [2.45, 2.75) is 12.7 Å². The first-order valence-electron chi connectivity index (χ1n) is 9.47. The highest BCUT2D eigenvalue weighted by atomic mass is 19.4. The van der Waals surface area contributed by atoms with E-state index in [2.05, 4.69) is 25.7 Å². The number of amides is 1. The molecule has 2 N–H and O–H groups in total. The number of carboxylic acids is 1. The molecule has 1 aromatic carbocycles. The normalized spacial score (nSPS) is 15.2. The maximum atomic E-state index is 13.2. The highest BCUT2D eigenvalue weighted by molar-refractivity contribution is 5.86. The molecular weight excluding hydrogens is 433 g/mol. The molecule has 0 aliphatic carbocycles. The van der Waals surface area contributed by atoms with Gasteiger partial charge >= 0.3 is 18.2 Å². The molecule has 0 spiro atoms. The van der Waals surface area contributed by atoms with Gasteiger partial charge in [0.1, 0.15) is 0 Å². The average molecular weight is 450 g/mol. The van der Waals surface area contributed by atoms with E-state index in [9.17, 15) is 22.8 Å². The van der Waals surface area contributed by atoms with E-state index in [1.54, 1.807) is 0 Å². The maximum absolute atomic E-state index is 13.2. The third kappa shape index (κ3) is 4.44. The molecule has 4 rings (SSSR count). The summed E-state index contributed by atoms with van der Waals surface area (Å²) < 4.78 is 40.4. The molecule has 0 atom stereocenters. The monoisotopic (exact) mass is 450 g/mol. The molecule has 1 aliphatic rings. The van der Waals surface area contributed by atoms with Gasteiger partial charge in [-0.15, -0.1) is 5.10 Å². The van der Waals surface area contributed by atoms with Crippen molar-refractivity contribution < 1.29 is 27.9 Å². The first kappa shape index (κ1) is 21.4. The second-order valence-corrected chi connectivity index (χ2v) is 7.12. The Bertz CT molecular complexity index is 1120. The minimum atomic E-state index is -4.50. The van der Waals surface area contributed by atoms with Crippen LogP contribution >= 0.6 is 0 Å². The lowest BCUT2D eigenvalue weighted by Crippen LogP contribution is -2.49. The van der Waals surface area contributed by atoms with Gasteiger partial charge in [0.05, 0.1) is 5.56 Å². The number of benzene rings is 1. The Morgan fingerprint density at radius 1 is 1.12 bits per heavy atom. The molecule has 1 aliphatic heterocycles. The topological polar surface area (TPSA) is 133 Å². The highest BCUT2D eigenvalue weighted by Crippen LogP contribution is 2.33. The SMILES string of the molecule is O=C(O)c1ccn(C(=O)N2CCN(Cc3ccc(C(F)(F)F)cc3-c3nnn[nH]3)CC2)n1. The van der Waals surface area contributed by atoms with E-state index < -0.39 is 23.7 Å². The van der Waals surface area contributed by atoms with E-state index in [1.807, 2.05) is 4.90 Å². The number of aromatic nitrogens is 6. The fourth-order valence-corrected chi connectivity index (χ4v) is 3.41. The molecule has 3 heterocycles. The Kier molecular flexibility index (Phi) is 5.61. The summed E-state index contributed by atoms with van der Waals surface area (Å²) in [7, 11) is 0. The molecule has 168 valence electrons. The van der Waals surface area contributed by atoms with Crippen LogP contribution in [0, 0.1) is 0 Å². The summed E-state index contributed by atoms with van der Waals surface area (Å²) >= 11 is 0. The Labute approximate surface area is 178 Å². The van der Waals surface area contributed by atoms with Crippen LogP contribution in [-0.2, 0) is 12.7 Å². The number of rotatable bonds is 4. The van der Waals surface area contributed by atoms with Crippen LogP contribution < -0.4 is 0 Å². The molecule has 0 unspecified atom stereocenters. The molecule has 1 fully saturated rings. The van der Waals surface area contributed by atoms with Crippen molar-refractivity contribution >= 4 is 12.0 Å². The van der Waals surface area contributed by atoms with Gasteiger partial charge in [0.25, 0.3) is 0 Å². The summed E-state index contributed by atoms with van der Waals surface area (Å²) in [6.45, 7) is 1.96. The van der Waals surface area contributed by atoms with Gasteiger partial charge in [-0.3, -0.25) is 4.90 Å². The number of hydrogen-bond acceptors (Lipinski definition) is 7. The molecule has 0 saturated carbocycles. The number of aromatic amines is 1. The third-order valence-electron chi connectivity index (χ3n) is 5.08. The molecule has 0 bridgehead atoms. The molecule has 1 amide bonds. The number of alkyl halides is 3. The van der Waals surface area contributed by atoms with Gasteiger partial charge in [-0.2, -0.15) is 23.0 Å². The Morgan fingerprint density at radius 3 is 2.47 bits per heavy atom. The van der Waals surface area contributed by atoms with Crippen LogP contribution in [0.3, 0.4) is 0 Å². The summed E-state index contributed by atoms with van der Waals surface area (Å²) in [5, 5.41) is 25.8. The number of halogens is 3. The van der Waals surface area contributed by atoms with Crippen LogP contribution in [0.2, 0.25) is 0 Å². The Morgan fingerprint density at radius 2 is 1.88 bits per heavy atom. The number of aromatic carboxylic acids is 1. The third-order valence-corrected chi connectivity index (χ3v) is 5.08. The van der Waals surface area contributed by atoms with Crippen LogP contribution in [0.25, 0.3) is 11.4 Å². The number of tetrazole rings is 1. The van der Waals surface area contributed by atoms with Crippen molar-refractivity contribution in [3.8, 4) is 11.4 Å². The lowest BCUT2D eigenvalue weighted by Gasteiger charge is -2.34. The highest BCUT2D eigenvalue weighted by Gasteiger charge is 2.32. The van der Waals surface area contributed by atoms with Crippen molar-refractivity contribution in [3.05, 3.63) is 47.3 Å². The predicted molar refractivity (Wildman–Crippen MR) is 101 cm³/mol. The van der Waals surface area contributed by atoms with Gasteiger partial charge in [-0.25, -0.2) is 14.7 Å². The number of carbonyl (C=O) groups excluding carboxylic acids is 1. The van der Waals surface area contributed by atoms with E-state index in [1.165, 1.54) is 23.2 Å². The van der Waals surface area contributed by atoms with Crippen LogP contribution in [0.1, 0.15) is 21.6 Å².